The molecule has 1 amide bonds. The minimum Gasteiger partial charge on any atom is -0.308 e. The van der Waals surface area contributed by atoms with Gasteiger partial charge in [0.1, 0.15) is 0 Å². The van der Waals surface area contributed by atoms with Gasteiger partial charge in [0.05, 0.1) is 22.7 Å². The first-order valence-electron chi connectivity index (χ1n) is 12.9. The van der Waals surface area contributed by atoms with Crippen LogP contribution in [0.25, 0.3) is 6.08 Å². The maximum Gasteiger partial charge on any atom is 0.307 e. The molecule has 4 nitrogen and oxygen atoms in total. The molecule has 0 spiro atoms. The Morgan fingerprint density at radius 1 is 0.585 bits per heavy atom. The van der Waals surface area contributed by atoms with Gasteiger partial charge in [-0.1, -0.05) is 75.0 Å². The lowest BCUT2D eigenvalue weighted by molar-refractivity contribution is -0.180. The summed E-state index contributed by atoms with van der Waals surface area (Å²) in [5.41, 5.74) is 7.07. The van der Waals surface area contributed by atoms with E-state index in [0.29, 0.717) is 5.56 Å². The summed E-state index contributed by atoms with van der Waals surface area (Å²) in [6, 6.07) is 39.3. The van der Waals surface area contributed by atoms with E-state index in [0.717, 1.165) is 50.0 Å². The van der Waals surface area contributed by atoms with E-state index in [-0.39, 0.29) is 0 Å². The highest BCUT2D eigenvalue weighted by Gasteiger charge is 2.27. The van der Waals surface area contributed by atoms with E-state index in [1.807, 2.05) is 30.3 Å². The fourth-order valence-electron chi connectivity index (χ4n) is 5.11. The summed E-state index contributed by atoms with van der Waals surface area (Å²) in [6.07, 6.45) is 2.27. The molecule has 0 saturated heterocycles. The van der Waals surface area contributed by atoms with Crippen LogP contribution in [0.2, 0.25) is 0 Å². The Bertz CT molecular complexity index is 1780. The van der Waals surface area contributed by atoms with Crippen LogP contribution in [0.1, 0.15) is 5.56 Å². The van der Waals surface area contributed by atoms with Gasteiger partial charge in [0.15, 0.2) is 0 Å². The molecule has 0 N–H and O–H groups in total. The molecule has 5 aromatic carbocycles. The molecule has 7 rings (SSSR count). The number of anilines is 6. The Kier molecular flexibility index (Phi) is 6.49. The Morgan fingerprint density at radius 3 is 1.51 bits per heavy atom. The Morgan fingerprint density at radius 2 is 1.02 bits per heavy atom. The Hall–Kier alpha value is -4.53. The van der Waals surface area contributed by atoms with Crippen molar-refractivity contribution in [1.29, 1.82) is 0 Å². The number of rotatable bonds is 4. The average Bonchev–Trinajstić information content (AvgIpc) is 3.01. The molecule has 2 heterocycles. The standard InChI is InChI=1S/C33H21F2N3OS2/c34-38(35)33(39)20-14-22-13-19-28-32(21-22)41-31-12-6-3-9-27(31)37(28)24-17-15-23(16-18-24)36-25-7-1-4-10-29(25)40-30-11-5-2-8-26(30)36/h1-21H/b20-14+. The largest absolute Gasteiger partial charge is 0.308 e. The molecule has 8 heteroatoms. The smallest absolute Gasteiger partial charge is 0.307 e. The van der Waals surface area contributed by atoms with Gasteiger partial charge < -0.3 is 9.80 Å². The van der Waals surface area contributed by atoms with Gasteiger partial charge in [0.25, 0.3) is 0 Å². The second kappa shape index (κ2) is 10.5. The van der Waals surface area contributed by atoms with Gasteiger partial charge in [-0.2, -0.15) is 0 Å². The van der Waals surface area contributed by atoms with E-state index in [1.54, 1.807) is 23.5 Å². The lowest BCUT2D eigenvalue weighted by Crippen LogP contribution is -2.16. The third kappa shape index (κ3) is 4.65. The second-order valence-corrected chi connectivity index (χ2v) is 11.6. The molecule has 41 heavy (non-hydrogen) atoms. The van der Waals surface area contributed by atoms with E-state index in [4.69, 9.17) is 0 Å². The van der Waals surface area contributed by atoms with E-state index >= 15 is 0 Å². The first kappa shape index (κ1) is 25.4. The SMILES string of the molecule is O=C(/C=C/c1ccc2c(c1)Sc1ccccc1N2c1ccc(N2c3ccccc3Sc3ccccc32)cc1)N(F)F. The fourth-order valence-corrected chi connectivity index (χ4v) is 7.28. The van der Waals surface area contributed by atoms with E-state index in [9.17, 15) is 13.8 Å². The molecule has 0 aromatic heterocycles. The first-order valence-corrected chi connectivity index (χ1v) is 14.5. The lowest BCUT2D eigenvalue weighted by atomic mass is 10.1. The lowest BCUT2D eigenvalue weighted by Gasteiger charge is -2.35. The van der Waals surface area contributed by atoms with Crippen molar-refractivity contribution in [3.63, 3.8) is 0 Å². The van der Waals surface area contributed by atoms with Gasteiger partial charge in [-0.3, -0.25) is 4.79 Å². The van der Waals surface area contributed by atoms with Crippen LogP contribution in [-0.4, -0.2) is 11.3 Å². The molecule has 2 aliphatic rings. The predicted octanol–water partition coefficient (Wildman–Crippen LogP) is 10.2. The molecule has 0 radical (unpaired) electrons. The maximum absolute atomic E-state index is 12.5. The minimum absolute atomic E-state index is 0.668. The summed E-state index contributed by atoms with van der Waals surface area (Å²) in [7, 11) is 0. The van der Waals surface area contributed by atoms with Crippen molar-refractivity contribution in [3.05, 3.63) is 127 Å². The van der Waals surface area contributed by atoms with Crippen molar-refractivity contribution in [2.75, 3.05) is 9.80 Å². The summed E-state index contributed by atoms with van der Waals surface area (Å²) in [5, 5.41) is -1.43. The number of hydrogen-bond donors (Lipinski definition) is 0. The third-order valence-corrected chi connectivity index (χ3v) is 9.18. The van der Waals surface area contributed by atoms with Crippen molar-refractivity contribution in [1.82, 2.24) is 5.34 Å². The van der Waals surface area contributed by atoms with Gasteiger partial charge >= 0.3 is 5.91 Å². The van der Waals surface area contributed by atoms with Crippen LogP contribution in [0.4, 0.5) is 43.1 Å². The van der Waals surface area contributed by atoms with Crippen molar-refractivity contribution >= 4 is 69.6 Å². The number of nitrogens with zero attached hydrogens (tertiary/aromatic N) is 3. The van der Waals surface area contributed by atoms with E-state index in [2.05, 4.69) is 94.7 Å². The molecule has 0 saturated carbocycles. The highest BCUT2D eigenvalue weighted by molar-refractivity contribution is 8.00. The van der Waals surface area contributed by atoms with Crippen molar-refractivity contribution in [2.24, 2.45) is 0 Å². The highest BCUT2D eigenvalue weighted by atomic mass is 32.2. The zero-order chi connectivity index (χ0) is 27.9. The Labute approximate surface area is 244 Å². The zero-order valence-corrected chi connectivity index (χ0v) is 23.1. The maximum atomic E-state index is 12.5. The summed E-state index contributed by atoms with van der Waals surface area (Å²) in [5.74, 6) is -1.36. The average molecular weight is 578 g/mol. The van der Waals surface area contributed by atoms with Gasteiger partial charge in [-0.05, 0) is 84.4 Å². The molecular weight excluding hydrogens is 557 g/mol. The fraction of sp³-hybridized carbons (Fsp3) is 0. The van der Waals surface area contributed by atoms with Crippen LogP contribution in [-0.2, 0) is 4.79 Å². The molecule has 0 atom stereocenters. The second-order valence-electron chi connectivity index (χ2n) is 9.43. The van der Waals surface area contributed by atoms with Crippen molar-refractivity contribution in [3.8, 4) is 0 Å². The quantitative estimate of drug-likeness (QED) is 0.153. The first-order chi connectivity index (χ1) is 20.1. The van der Waals surface area contributed by atoms with E-state index in [1.165, 1.54) is 15.9 Å². The van der Waals surface area contributed by atoms with Crippen molar-refractivity contribution < 1.29 is 13.8 Å². The van der Waals surface area contributed by atoms with Gasteiger partial charge in [0.2, 0.25) is 0 Å². The molecular formula is C33H21F2N3OS2. The molecule has 200 valence electrons. The molecule has 2 aliphatic heterocycles. The molecule has 0 bridgehead atoms. The van der Waals surface area contributed by atoms with Crippen LogP contribution in [0.15, 0.2) is 141 Å². The number of amides is 1. The number of para-hydroxylation sites is 3. The summed E-state index contributed by atoms with van der Waals surface area (Å²) < 4.78 is 25.0. The molecule has 5 aromatic rings. The van der Waals surface area contributed by atoms with Crippen molar-refractivity contribution in [2.45, 2.75) is 19.6 Å². The highest BCUT2D eigenvalue weighted by Crippen LogP contribution is 2.53. The Balaban J connectivity index is 1.28. The van der Waals surface area contributed by atoms with Crippen LogP contribution in [0.3, 0.4) is 0 Å². The minimum atomic E-state index is -1.43. The van der Waals surface area contributed by atoms with E-state index < -0.39 is 11.3 Å². The van der Waals surface area contributed by atoms with Crippen LogP contribution in [0.5, 0.6) is 0 Å². The predicted molar refractivity (Wildman–Crippen MR) is 162 cm³/mol. The van der Waals surface area contributed by atoms with Gasteiger partial charge in [0, 0.05) is 42.4 Å². The van der Waals surface area contributed by atoms with Gasteiger partial charge in [-0.15, -0.1) is 0 Å². The molecule has 0 aliphatic carbocycles. The summed E-state index contributed by atoms with van der Waals surface area (Å²) in [4.78, 5) is 20.3. The number of benzene rings is 5. The molecule has 0 unspecified atom stereocenters. The third-order valence-electron chi connectivity index (χ3n) is 6.93. The zero-order valence-electron chi connectivity index (χ0n) is 21.4. The number of carbonyl (C=O) groups is 1. The van der Waals surface area contributed by atoms with Crippen LogP contribution < -0.4 is 9.80 Å². The monoisotopic (exact) mass is 577 g/mol. The topological polar surface area (TPSA) is 26.8 Å². The number of carbonyl (C=O) groups excluding carboxylic acids is 1. The number of hydrogen-bond acceptors (Lipinski definition) is 5. The normalized spacial score (nSPS) is 13.3. The number of fused-ring (bicyclic) bond motifs is 4. The number of halogens is 2. The van der Waals surface area contributed by atoms with Gasteiger partial charge in [-0.25, -0.2) is 0 Å². The van der Waals surface area contributed by atoms with Crippen LogP contribution >= 0.6 is 23.5 Å². The molecule has 0 fully saturated rings. The van der Waals surface area contributed by atoms with Crippen LogP contribution in [0, 0.1) is 0 Å². The summed E-state index contributed by atoms with van der Waals surface area (Å²) in [6.45, 7) is 0. The summed E-state index contributed by atoms with van der Waals surface area (Å²) >= 11 is 3.40.